The average Bonchev–Trinajstić information content (AvgIpc) is 2.99. The summed E-state index contributed by atoms with van der Waals surface area (Å²) >= 11 is 1.42. The molecule has 5 heteroatoms. The third-order valence-electron chi connectivity index (χ3n) is 4.54. The predicted octanol–water partition coefficient (Wildman–Crippen LogP) is 4.24. The van der Waals surface area contributed by atoms with E-state index < -0.39 is 0 Å². The number of benzene rings is 1. The standard InChI is InChI=1S/C20H23N3OS/c1-12-7-8-17(13(2)9-12)23-14(3)10-16(15(23)4)11-18-19(24)22(6)20(21-5)25-18/h7-11H,1-6H3/b18-11+,21-20?. The van der Waals surface area contributed by atoms with E-state index in [9.17, 15) is 4.79 Å². The zero-order chi connectivity index (χ0) is 18.3. The number of thioether (sulfide) groups is 1. The van der Waals surface area contributed by atoms with Crippen molar-refractivity contribution in [1.29, 1.82) is 0 Å². The van der Waals surface area contributed by atoms with E-state index in [1.807, 2.05) is 6.08 Å². The molecule has 3 rings (SSSR count). The second-order valence-electron chi connectivity index (χ2n) is 6.43. The van der Waals surface area contributed by atoms with Crippen molar-refractivity contribution in [2.45, 2.75) is 27.7 Å². The van der Waals surface area contributed by atoms with Gasteiger partial charge < -0.3 is 4.57 Å². The molecule has 25 heavy (non-hydrogen) atoms. The van der Waals surface area contributed by atoms with Crippen molar-refractivity contribution in [3.8, 4) is 5.69 Å². The van der Waals surface area contributed by atoms with Gasteiger partial charge in [-0.2, -0.15) is 0 Å². The molecule has 1 aliphatic heterocycles. The first-order valence-corrected chi connectivity index (χ1v) is 9.06. The van der Waals surface area contributed by atoms with Gasteiger partial charge in [-0.05, 0) is 68.8 Å². The van der Waals surface area contributed by atoms with Gasteiger partial charge in [-0.3, -0.25) is 14.7 Å². The molecule has 0 saturated carbocycles. The average molecular weight is 353 g/mol. The first-order valence-electron chi connectivity index (χ1n) is 8.24. The minimum absolute atomic E-state index is 0.00178. The highest BCUT2D eigenvalue weighted by atomic mass is 32.2. The van der Waals surface area contributed by atoms with Crippen molar-refractivity contribution in [3.05, 3.63) is 57.2 Å². The number of aryl methyl sites for hydroxylation is 3. The van der Waals surface area contributed by atoms with Crippen LogP contribution in [0.1, 0.15) is 28.1 Å². The van der Waals surface area contributed by atoms with Gasteiger partial charge in [0.05, 0.1) is 4.91 Å². The highest BCUT2D eigenvalue weighted by Gasteiger charge is 2.30. The molecule has 0 unspecified atom stereocenters. The van der Waals surface area contributed by atoms with Crippen molar-refractivity contribution >= 4 is 28.9 Å². The van der Waals surface area contributed by atoms with Crippen molar-refractivity contribution < 1.29 is 4.79 Å². The molecular formula is C20H23N3OS. The summed E-state index contributed by atoms with van der Waals surface area (Å²) in [4.78, 5) is 18.9. The van der Waals surface area contributed by atoms with Gasteiger partial charge in [0, 0.05) is 31.2 Å². The van der Waals surface area contributed by atoms with E-state index in [1.54, 1.807) is 19.0 Å². The molecule has 1 aromatic heterocycles. The van der Waals surface area contributed by atoms with Gasteiger partial charge in [0.1, 0.15) is 0 Å². The topological polar surface area (TPSA) is 37.6 Å². The third kappa shape index (κ3) is 3.04. The molecule has 4 nitrogen and oxygen atoms in total. The lowest BCUT2D eigenvalue weighted by molar-refractivity contribution is -0.121. The highest BCUT2D eigenvalue weighted by Crippen LogP contribution is 2.33. The van der Waals surface area contributed by atoms with Crippen LogP contribution in [0, 0.1) is 27.7 Å². The van der Waals surface area contributed by atoms with Crippen LogP contribution in [0.25, 0.3) is 11.8 Å². The van der Waals surface area contributed by atoms with Gasteiger partial charge >= 0.3 is 0 Å². The quantitative estimate of drug-likeness (QED) is 0.757. The van der Waals surface area contributed by atoms with E-state index in [1.165, 1.54) is 28.6 Å². The summed E-state index contributed by atoms with van der Waals surface area (Å²) in [7, 11) is 3.47. The number of rotatable bonds is 2. The Morgan fingerprint density at radius 1 is 1.12 bits per heavy atom. The van der Waals surface area contributed by atoms with E-state index in [2.05, 4.69) is 61.5 Å². The molecule has 1 aliphatic rings. The molecule has 1 saturated heterocycles. The fourth-order valence-electron chi connectivity index (χ4n) is 3.25. The molecule has 1 fully saturated rings. The molecule has 130 valence electrons. The first kappa shape index (κ1) is 17.5. The van der Waals surface area contributed by atoms with Crippen molar-refractivity contribution in [2.24, 2.45) is 4.99 Å². The highest BCUT2D eigenvalue weighted by molar-refractivity contribution is 8.18. The molecule has 1 aromatic carbocycles. The third-order valence-corrected chi connectivity index (χ3v) is 5.70. The largest absolute Gasteiger partial charge is 0.318 e. The van der Waals surface area contributed by atoms with Crippen molar-refractivity contribution in [2.75, 3.05) is 14.1 Å². The van der Waals surface area contributed by atoms with Crippen LogP contribution in [0.3, 0.4) is 0 Å². The lowest BCUT2D eigenvalue weighted by atomic mass is 10.1. The number of likely N-dealkylation sites (N-methyl/N-ethyl adjacent to an activating group) is 1. The normalized spacial score (nSPS) is 18.0. The number of hydrogen-bond donors (Lipinski definition) is 0. The van der Waals surface area contributed by atoms with E-state index in [0.717, 1.165) is 22.1 Å². The van der Waals surface area contributed by atoms with Crippen LogP contribution in [0.5, 0.6) is 0 Å². The number of carbonyl (C=O) groups excluding carboxylic acids is 1. The number of aliphatic imine (C=N–C) groups is 1. The molecule has 0 bridgehead atoms. The second kappa shape index (κ2) is 6.56. The van der Waals surface area contributed by atoms with Crippen LogP contribution < -0.4 is 0 Å². The molecule has 0 N–H and O–H groups in total. The number of amides is 1. The predicted molar refractivity (Wildman–Crippen MR) is 106 cm³/mol. The summed E-state index contributed by atoms with van der Waals surface area (Å²) in [5.41, 5.74) is 7.04. The van der Waals surface area contributed by atoms with Crippen LogP contribution in [-0.4, -0.2) is 34.6 Å². The Morgan fingerprint density at radius 2 is 1.84 bits per heavy atom. The van der Waals surface area contributed by atoms with Gasteiger partial charge in [0.15, 0.2) is 5.17 Å². The number of hydrogen-bond acceptors (Lipinski definition) is 3. The lowest BCUT2D eigenvalue weighted by Crippen LogP contribution is -2.23. The number of carbonyl (C=O) groups is 1. The smallest absolute Gasteiger partial charge is 0.266 e. The van der Waals surface area contributed by atoms with Gasteiger partial charge in [-0.1, -0.05) is 17.7 Å². The minimum Gasteiger partial charge on any atom is -0.318 e. The van der Waals surface area contributed by atoms with E-state index in [0.29, 0.717) is 4.91 Å². The van der Waals surface area contributed by atoms with Crippen LogP contribution >= 0.6 is 11.8 Å². The second-order valence-corrected chi connectivity index (χ2v) is 7.44. The van der Waals surface area contributed by atoms with E-state index in [4.69, 9.17) is 0 Å². The molecule has 2 aromatic rings. The van der Waals surface area contributed by atoms with Crippen LogP contribution in [0.15, 0.2) is 34.2 Å². The van der Waals surface area contributed by atoms with E-state index >= 15 is 0 Å². The fraction of sp³-hybridized carbons (Fsp3) is 0.300. The molecule has 0 atom stereocenters. The van der Waals surface area contributed by atoms with Crippen LogP contribution in [-0.2, 0) is 4.79 Å². The Bertz CT molecular complexity index is 921. The molecule has 0 aliphatic carbocycles. The summed E-state index contributed by atoms with van der Waals surface area (Å²) < 4.78 is 2.25. The molecule has 2 heterocycles. The lowest BCUT2D eigenvalue weighted by Gasteiger charge is -2.13. The monoisotopic (exact) mass is 353 g/mol. The van der Waals surface area contributed by atoms with Gasteiger partial charge in [0.25, 0.3) is 5.91 Å². The minimum atomic E-state index is 0.00178. The fourth-order valence-corrected chi connectivity index (χ4v) is 4.17. The maximum absolute atomic E-state index is 12.4. The van der Waals surface area contributed by atoms with E-state index in [-0.39, 0.29) is 5.91 Å². The summed E-state index contributed by atoms with van der Waals surface area (Å²) in [6.45, 7) is 8.44. The zero-order valence-electron chi connectivity index (χ0n) is 15.5. The number of aromatic nitrogens is 1. The Balaban J connectivity index is 2.07. The van der Waals surface area contributed by atoms with Crippen LogP contribution in [0.4, 0.5) is 0 Å². The molecular weight excluding hydrogens is 330 g/mol. The van der Waals surface area contributed by atoms with Crippen molar-refractivity contribution in [3.63, 3.8) is 0 Å². The Morgan fingerprint density at radius 3 is 2.44 bits per heavy atom. The number of nitrogens with zero attached hydrogens (tertiary/aromatic N) is 3. The van der Waals surface area contributed by atoms with Gasteiger partial charge in [0.2, 0.25) is 0 Å². The van der Waals surface area contributed by atoms with Gasteiger partial charge in [-0.25, -0.2) is 0 Å². The first-order chi connectivity index (χ1) is 11.8. The Hall–Kier alpha value is -2.27. The molecule has 1 amide bonds. The summed E-state index contributed by atoms with van der Waals surface area (Å²) in [6, 6.07) is 8.62. The molecule has 0 radical (unpaired) electrons. The SMILES string of the molecule is CN=C1S/C(=C/c2cc(C)n(-c3ccc(C)cc3C)c2C)C(=O)N1C. The summed E-state index contributed by atoms with van der Waals surface area (Å²) in [6.07, 6.45) is 1.98. The zero-order valence-corrected chi connectivity index (χ0v) is 16.4. The van der Waals surface area contributed by atoms with Crippen LogP contribution in [0.2, 0.25) is 0 Å². The molecule has 0 spiro atoms. The van der Waals surface area contributed by atoms with Gasteiger partial charge in [-0.15, -0.1) is 0 Å². The Labute approximate surface area is 153 Å². The number of amidine groups is 1. The maximum Gasteiger partial charge on any atom is 0.266 e. The summed E-state index contributed by atoms with van der Waals surface area (Å²) in [5, 5.41) is 0.736. The maximum atomic E-state index is 12.4. The Kier molecular flexibility index (Phi) is 4.60. The van der Waals surface area contributed by atoms with Crippen molar-refractivity contribution in [1.82, 2.24) is 9.47 Å². The summed E-state index contributed by atoms with van der Waals surface area (Å²) in [5.74, 6) is 0.00178.